The molecule has 1 saturated heterocycles. The van der Waals surface area contributed by atoms with Gasteiger partial charge in [-0.2, -0.15) is 16.9 Å². The minimum absolute atomic E-state index is 0.0514. The molecule has 2 aromatic heterocycles. The molecular weight excluding hydrogens is 382 g/mol. The number of nitrogens with one attached hydrogen (secondary N) is 1. The number of thioether (sulfide) groups is 1. The maximum absolute atomic E-state index is 12.9. The second-order valence-corrected chi connectivity index (χ2v) is 8.32. The van der Waals surface area contributed by atoms with Crippen molar-refractivity contribution in [3.8, 4) is 5.69 Å². The fraction of sp³-hybridized carbons (Fsp3) is 0.318. The molecule has 4 rings (SSSR count). The van der Waals surface area contributed by atoms with E-state index in [9.17, 15) is 4.79 Å². The molecule has 0 unspecified atom stereocenters. The van der Waals surface area contributed by atoms with Crippen molar-refractivity contribution in [2.75, 3.05) is 34.8 Å². The van der Waals surface area contributed by atoms with Crippen LogP contribution in [0.2, 0.25) is 0 Å². The topological polar surface area (TPSA) is 63.1 Å². The van der Waals surface area contributed by atoms with Crippen molar-refractivity contribution in [2.45, 2.75) is 20.3 Å². The zero-order chi connectivity index (χ0) is 20.2. The molecule has 0 radical (unpaired) electrons. The summed E-state index contributed by atoms with van der Waals surface area (Å²) >= 11 is 1.95. The lowest BCUT2D eigenvalue weighted by Crippen LogP contribution is -2.34. The number of carbonyl (C=O) groups is 1. The number of aryl methyl sites for hydroxylation is 1. The van der Waals surface area contributed by atoms with Gasteiger partial charge in [0.05, 0.1) is 23.5 Å². The highest BCUT2D eigenvalue weighted by molar-refractivity contribution is 7.99. The minimum atomic E-state index is -0.0514. The summed E-state index contributed by atoms with van der Waals surface area (Å²) in [5.41, 5.74) is 4.60. The second kappa shape index (κ2) is 8.69. The number of amides is 1. The molecule has 150 valence electrons. The van der Waals surface area contributed by atoms with E-state index in [2.05, 4.69) is 20.3 Å². The van der Waals surface area contributed by atoms with E-state index in [1.54, 1.807) is 6.20 Å². The van der Waals surface area contributed by atoms with Crippen LogP contribution in [0, 0.1) is 13.8 Å². The van der Waals surface area contributed by atoms with Gasteiger partial charge in [0, 0.05) is 42.0 Å². The highest BCUT2D eigenvalue weighted by atomic mass is 32.2. The van der Waals surface area contributed by atoms with Crippen molar-refractivity contribution in [1.82, 2.24) is 14.8 Å². The number of aromatic nitrogens is 3. The van der Waals surface area contributed by atoms with E-state index in [0.717, 1.165) is 58.7 Å². The Morgan fingerprint density at radius 3 is 2.62 bits per heavy atom. The first-order chi connectivity index (χ1) is 14.1. The van der Waals surface area contributed by atoms with Crippen LogP contribution in [0.3, 0.4) is 0 Å². The lowest BCUT2D eigenvalue weighted by Gasteiger charge is -2.29. The number of para-hydroxylation sites is 1. The lowest BCUT2D eigenvalue weighted by atomic mass is 10.1. The maximum atomic E-state index is 12.9. The zero-order valence-corrected chi connectivity index (χ0v) is 17.6. The maximum Gasteiger partial charge on any atom is 0.229 e. The molecule has 29 heavy (non-hydrogen) atoms. The molecule has 1 aromatic carbocycles. The van der Waals surface area contributed by atoms with Gasteiger partial charge in [0.1, 0.15) is 0 Å². The Bertz CT molecular complexity index is 996. The van der Waals surface area contributed by atoms with E-state index in [0.29, 0.717) is 0 Å². The predicted octanol–water partition coefficient (Wildman–Crippen LogP) is 3.62. The minimum Gasteiger partial charge on any atom is -0.353 e. The third-order valence-corrected chi connectivity index (χ3v) is 6.09. The van der Waals surface area contributed by atoms with Gasteiger partial charge in [-0.05, 0) is 38.1 Å². The van der Waals surface area contributed by atoms with Crippen LogP contribution in [0.1, 0.15) is 17.0 Å². The van der Waals surface area contributed by atoms with Crippen molar-refractivity contribution in [3.05, 3.63) is 65.6 Å². The van der Waals surface area contributed by atoms with E-state index < -0.39 is 0 Å². The van der Waals surface area contributed by atoms with Crippen LogP contribution in [0.4, 0.5) is 11.5 Å². The van der Waals surface area contributed by atoms with E-state index in [4.69, 9.17) is 0 Å². The van der Waals surface area contributed by atoms with Crippen LogP contribution in [0.15, 0.2) is 48.7 Å². The Morgan fingerprint density at radius 1 is 1.10 bits per heavy atom. The molecule has 3 aromatic rings. The van der Waals surface area contributed by atoms with Crippen molar-refractivity contribution in [1.29, 1.82) is 0 Å². The van der Waals surface area contributed by atoms with Gasteiger partial charge in [-0.1, -0.05) is 18.2 Å². The first-order valence-electron chi connectivity index (χ1n) is 9.81. The van der Waals surface area contributed by atoms with Gasteiger partial charge in [-0.3, -0.25) is 4.79 Å². The van der Waals surface area contributed by atoms with E-state index >= 15 is 0 Å². The Labute approximate surface area is 175 Å². The SMILES string of the molecule is Cc1nn(-c2ccccc2)c(C)c1CC(=O)Nc1cccnc1N1CCSCC1. The van der Waals surface area contributed by atoms with Gasteiger partial charge < -0.3 is 10.2 Å². The van der Waals surface area contributed by atoms with Crippen LogP contribution in [-0.4, -0.2) is 45.3 Å². The van der Waals surface area contributed by atoms with Crippen molar-refractivity contribution in [2.24, 2.45) is 0 Å². The van der Waals surface area contributed by atoms with E-state index in [-0.39, 0.29) is 12.3 Å². The van der Waals surface area contributed by atoms with Crippen LogP contribution >= 0.6 is 11.8 Å². The Morgan fingerprint density at radius 2 is 1.86 bits per heavy atom. The molecular formula is C22H25N5OS. The van der Waals surface area contributed by atoms with Gasteiger partial charge in [-0.25, -0.2) is 9.67 Å². The van der Waals surface area contributed by atoms with Gasteiger partial charge in [0.2, 0.25) is 5.91 Å². The number of anilines is 2. The number of hydrogen-bond acceptors (Lipinski definition) is 5. The molecule has 7 heteroatoms. The Balaban J connectivity index is 1.52. The van der Waals surface area contributed by atoms with Gasteiger partial charge in [-0.15, -0.1) is 0 Å². The fourth-order valence-corrected chi connectivity index (χ4v) is 4.53. The number of rotatable bonds is 5. The number of hydrogen-bond donors (Lipinski definition) is 1. The molecule has 1 N–H and O–H groups in total. The van der Waals surface area contributed by atoms with Crippen LogP contribution in [0.25, 0.3) is 5.69 Å². The summed E-state index contributed by atoms with van der Waals surface area (Å²) in [4.78, 5) is 19.6. The highest BCUT2D eigenvalue weighted by Gasteiger charge is 2.19. The average molecular weight is 408 g/mol. The second-order valence-electron chi connectivity index (χ2n) is 7.10. The third kappa shape index (κ3) is 4.29. The molecule has 1 aliphatic heterocycles. The van der Waals surface area contributed by atoms with Gasteiger partial charge >= 0.3 is 0 Å². The summed E-state index contributed by atoms with van der Waals surface area (Å²) in [6.45, 7) is 5.87. The smallest absolute Gasteiger partial charge is 0.229 e. The van der Waals surface area contributed by atoms with Crippen LogP contribution in [0.5, 0.6) is 0 Å². The third-order valence-electron chi connectivity index (χ3n) is 5.15. The Kier molecular flexibility index (Phi) is 5.85. The van der Waals surface area contributed by atoms with Crippen molar-refractivity contribution >= 4 is 29.2 Å². The summed E-state index contributed by atoms with van der Waals surface area (Å²) in [5, 5.41) is 7.72. The molecule has 6 nitrogen and oxygen atoms in total. The van der Waals surface area contributed by atoms with Crippen LogP contribution < -0.4 is 10.2 Å². The zero-order valence-electron chi connectivity index (χ0n) is 16.8. The number of nitrogens with zero attached hydrogens (tertiary/aromatic N) is 4. The molecule has 0 spiro atoms. The largest absolute Gasteiger partial charge is 0.353 e. The first-order valence-corrected chi connectivity index (χ1v) is 11.0. The molecule has 0 aliphatic carbocycles. The standard InChI is InChI=1S/C22H25N5OS/c1-16-19(17(2)27(25-16)18-7-4-3-5-8-18)15-21(28)24-20-9-6-10-23-22(20)26-11-13-29-14-12-26/h3-10H,11-15H2,1-2H3,(H,24,28). The summed E-state index contributed by atoms with van der Waals surface area (Å²) in [5.74, 6) is 2.97. The van der Waals surface area contributed by atoms with Crippen molar-refractivity contribution in [3.63, 3.8) is 0 Å². The van der Waals surface area contributed by atoms with Crippen molar-refractivity contribution < 1.29 is 4.79 Å². The lowest BCUT2D eigenvalue weighted by molar-refractivity contribution is -0.115. The fourth-order valence-electron chi connectivity index (χ4n) is 3.63. The van der Waals surface area contributed by atoms with Crippen LogP contribution in [-0.2, 0) is 11.2 Å². The molecule has 0 saturated carbocycles. The average Bonchev–Trinajstić information content (AvgIpc) is 3.03. The molecule has 3 heterocycles. The number of benzene rings is 1. The van der Waals surface area contributed by atoms with Gasteiger partial charge in [0.15, 0.2) is 5.82 Å². The number of carbonyl (C=O) groups excluding carboxylic acids is 1. The first kappa shape index (κ1) is 19.5. The summed E-state index contributed by atoms with van der Waals surface area (Å²) in [6.07, 6.45) is 2.07. The monoisotopic (exact) mass is 407 g/mol. The summed E-state index contributed by atoms with van der Waals surface area (Å²) in [7, 11) is 0. The highest BCUT2D eigenvalue weighted by Crippen LogP contribution is 2.26. The molecule has 0 atom stereocenters. The Hall–Kier alpha value is -2.80. The summed E-state index contributed by atoms with van der Waals surface area (Å²) < 4.78 is 1.90. The molecule has 0 bridgehead atoms. The summed E-state index contributed by atoms with van der Waals surface area (Å²) in [6, 6.07) is 13.8. The van der Waals surface area contributed by atoms with E-state index in [1.807, 2.05) is 72.8 Å². The number of pyridine rings is 1. The quantitative estimate of drug-likeness (QED) is 0.700. The normalized spacial score (nSPS) is 14.1. The van der Waals surface area contributed by atoms with Gasteiger partial charge in [0.25, 0.3) is 0 Å². The predicted molar refractivity (Wildman–Crippen MR) is 119 cm³/mol. The molecule has 1 aliphatic rings. The molecule has 1 amide bonds. The molecule has 1 fully saturated rings. The van der Waals surface area contributed by atoms with E-state index in [1.165, 1.54) is 0 Å².